The molecule has 0 bridgehead atoms. The molecule has 0 atom stereocenters. The van der Waals surface area contributed by atoms with Crippen LogP contribution >= 0.6 is 0 Å². The van der Waals surface area contributed by atoms with E-state index in [2.05, 4.69) is 4.98 Å². The van der Waals surface area contributed by atoms with E-state index in [1.807, 2.05) is 0 Å². The van der Waals surface area contributed by atoms with E-state index >= 15 is 0 Å². The number of alkyl halides is 3. The van der Waals surface area contributed by atoms with Crippen LogP contribution in [0.2, 0.25) is 0 Å². The molecule has 17 heavy (non-hydrogen) atoms. The first-order valence-corrected chi connectivity index (χ1v) is 5.00. The zero-order valence-corrected chi connectivity index (χ0v) is 9.38. The van der Waals surface area contributed by atoms with Gasteiger partial charge in [0.2, 0.25) is 0 Å². The number of benzene rings is 1. The summed E-state index contributed by atoms with van der Waals surface area (Å²) in [4.78, 5) is 5.21. The SMILES string of the molecule is Cc1nc2cc(N(C)CC(F)(F)F)ccc2o1. The molecule has 0 aliphatic rings. The summed E-state index contributed by atoms with van der Waals surface area (Å²) in [5, 5.41) is 0. The van der Waals surface area contributed by atoms with Gasteiger partial charge >= 0.3 is 6.18 Å². The molecule has 0 fully saturated rings. The van der Waals surface area contributed by atoms with E-state index in [9.17, 15) is 13.2 Å². The third-order valence-corrected chi connectivity index (χ3v) is 2.34. The van der Waals surface area contributed by atoms with Crippen molar-refractivity contribution in [1.29, 1.82) is 0 Å². The zero-order valence-electron chi connectivity index (χ0n) is 9.38. The minimum atomic E-state index is -4.22. The van der Waals surface area contributed by atoms with Crippen LogP contribution in [0, 0.1) is 6.92 Å². The number of rotatable bonds is 2. The molecule has 0 aliphatic heterocycles. The lowest BCUT2D eigenvalue weighted by molar-refractivity contribution is -0.119. The molecule has 6 heteroatoms. The Kier molecular flexibility index (Phi) is 2.73. The van der Waals surface area contributed by atoms with Crippen LogP contribution in [0.3, 0.4) is 0 Å². The van der Waals surface area contributed by atoms with Gasteiger partial charge in [-0.25, -0.2) is 4.98 Å². The number of aromatic nitrogens is 1. The predicted octanol–water partition coefficient (Wildman–Crippen LogP) is 3.13. The number of hydrogen-bond donors (Lipinski definition) is 0. The minimum Gasteiger partial charge on any atom is -0.441 e. The Balaban J connectivity index is 2.29. The molecule has 0 unspecified atom stereocenters. The third kappa shape index (κ3) is 2.69. The highest BCUT2D eigenvalue weighted by molar-refractivity contribution is 5.77. The third-order valence-electron chi connectivity index (χ3n) is 2.34. The number of halogens is 3. The summed E-state index contributed by atoms with van der Waals surface area (Å²) < 4.78 is 42.0. The Bertz CT molecular complexity index is 533. The maximum Gasteiger partial charge on any atom is 0.405 e. The topological polar surface area (TPSA) is 29.3 Å². The first kappa shape index (κ1) is 11.8. The van der Waals surface area contributed by atoms with Gasteiger partial charge in [-0.05, 0) is 18.2 Å². The Morgan fingerprint density at radius 2 is 2.06 bits per heavy atom. The molecule has 2 rings (SSSR count). The van der Waals surface area contributed by atoms with Crippen LogP contribution in [0.15, 0.2) is 22.6 Å². The van der Waals surface area contributed by atoms with Crippen molar-refractivity contribution >= 4 is 16.8 Å². The molecular weight excluding hydrogens is 233 g/mol. The lowest BCUT2D eigenvalue weighted by atomic mass is 10.2. The van der Waals surface area contributed by atoms with Gasteiger partial charge in [0, 0.05) is 19.7 Å². The van der Waals surface area contributed by atoms with Crippen molar-refractivity contribution in [3.05, 3.63) is 24.1 Å². The van der Waals surface area contributed by atoms with Crippen LogP contribution in [0.1, 0.15) is 5.89 Å². The number of fused-ring (bicyclic) bond motifs is 1. The molecule has 1 heterocycles. The van der Waals surface area contributed by atoms with Gasteiger partial charge in [0.05, 0.1) is 0 Å². The molecule has 0 amide bonds. The van der Waals surface area contributed by atoms with Crippen molar-refractivity contribution in [3.63, 3.8) is 0 Å². The molecule has 92 valence electrons. The molecule has 0 saturated heterocycles. The van der Waals surface area contributed by atoms with Gasteiger partial charge < -0.3 is 9.32 Å². The number of oxazole rings is 1. The highest BCUT2D eigenvalue weighted by Crippen LogP contribution is 2.24. The molecule has 0 radical (unpaired) electrons. The van der Waals surface area contributed by atoms with E-state index < -0.39 is 12.7 Å². The number of anilines is 1. The standard InChI is InChI=1S/C11H11F3N2O/c1-7-15-9-5-8(3-4-10(9)17-7)16(2)6-11(12,13)14/h3-5H,6H2,1-2H3. The zero-order chi connectivity index (χ0) is 12.6. The molecular formula is C11H11F3N2O. The normalized spacial score (nSPS) is 12.1. The van der Waals surface area contributed by atoms with E-state index in [1.54, 1.807) is 25.1 Å². The van der Waals surface area contributed by atoms with Crippen LogP contribution in [0.5, 0.6) is 0 Å². The molecule has 1 aromatic carbocycles. The summed E-state index contributed by atoms with van der Waals surface area (Å²) in [7, 11) is 1.39. The van der Waals surface area contributed by atoms with Crippen molar-refractivity contribution in [3.8, 4) is 0 Å². The van der Waals surface area contributed by atoms with Gasteiger partial charge in [0.25, 0.3) is 0 Å². The van der Waals surface area contributed by atoms with Crippen LogP contribution in [0.25, 0.3) is 11.1 Å². The summed E-state index contributed by atoms with van der Waals surface area (Å²) in [5.74, 6) is 0.496. The predicted molar refractivity (Wildman–Crippen MR) is 58.1 cm³/mol. The van der Waals surface area contributed by atoms with Crippen LogP contribution < -0.4 is 4.90 Å². The van der Waals surface area contributed by atoms with Gasteiger partial charge in [-0.2, -0.15) is 13.2 Å². The second-order valence-electron chi connectivity index (χ2n) is 3.86. The van der Waals surface area contributed by atoms with Crippen molar-refractivity contribution in [2.24, 2.45) is 0 Å². The molecule has 0 aliphatic carbocycles. The first-order valence-electron chi connectivity index (χ1n) is 5.00. The molecule has 1 aromatic heterocycles. The Labute approximate surface area is 95.8 Å². The summed E-state index contributed by atoms with van der Waals surface area (Å²) in [5.41, 5.74) is 1.60. The van der Waals surface area contributed by atoms with E-state index in [-0.39, 0.29) is 0 Å². The van der Waals surface area contributed by atoms with E-state index in [0.717, 1.165) is 4.90 Å². The summed E-state index contributed by atoms with van der Waals surface area (Å²) >= 11 is 0. The maximum atomic E-state index is 12.2. The van der Waals surface area contributed by atoms with E-state index in [1.165, 1.54) is 7.05 Å². The van der Waals surface area contributed by atoms with Crippen molar-refractivity contribution in [2.45, 2.75) is 13.1 Å². The lowest BCUT2D eigenvalue weighted by Crippen LogP contribution is -2.30. The number of aryl methyl sites for hydroxylation is 1. The average Bonchev–Trinajstić information content (AvgIpc) is 2.53. The van der Waals surface area contributed by atoms with Gasteiger partial charge in [-0.3, -0.25) is 0 Å². The monoisotopic (exact) mass is 244 g/mol. The van der Waals surface area contributed by atoms with Gasteiger partial charge in [0.1, 0.15) is 12.1 Å². The quantitative estimate of drug-likeness (QED) is 0.812. The lowest BCUT2D eigenvalue weighted by Gasteiger charge is -2.20. The highest BCUT2D eigenvalue weighted by atomic mass is 19.4. The fourth-order valence-corrected chi connectivity index (χ4v) is 1.63. The maximum absolute atomic E-state index is 12.2. The van der Waals surface area contributed by atoms with Gasteiger partial charge in [0.15, 0.2) is 11.5 Å². The van der Waals surface area contributed by atoms with Crippen LogP contribution in [-0.2, 0) is 0 Å². The second-order valence-corrected chi connectivity index (χ2v) is 3.86. The number of nitrogens with zero attached hydrogens (tertiary/aromatic N) is 2. The summed E-state index contributed by atoms with van der Waals surface area (Å²) in [6.45, 7) is 0.703. The molecule has 0 spiro atoms. The Hall–Kier alpha value is -1.72. The Morgan fingerprint density at radius 1 is 1.35 bits per heavy atom. The van der Waals surface area contributed by atoms with Gasteiger partial charge in [-0.15, -0.1) is 0 Å². The summed E-state index contributed by atoms with van der Waals surface area (Å²) in [6.07, 6.45) is -4.22. The fraction of sp³-hybridized carbons (Fsp3) is 0.364. The van der Waals surface area contributed by atoms with Crippen molar-refractivity contribution < 1.29 is 17.6 Å². The molecule has 3 nitrogen and oxygen atoms in total. The van der Waals surface area contributed by atoms with E-state index in [0.29, 0.717) is 22.7 Å². The second kappa shape index (κ2) is 3.94. The van der Waals surface area contributed by atoms with Crippen molar-refractivity contribution in [1.82, 2.24) is 4.98 Å². The van der Waals surface area contributed by atoms with Crippen molar-refractivity contribution in [2.75, 3.05) is 18.5 Å². The Morgan fingerprint density at radius 3 is 2.71 bits per heavy atom. The van der Waals surface area contributed by atoms with E-state index in [4.69, 9.17) is 4.42 Å². The van der Waals surface area contributed by atoms with Gasteiger partial charge in [-0.1, -0.05) is 0 Å². The number of hydrogen-bond acceptors (Lipinski definition) is 3. The first-order chi connectivity index (χ1) is 7.85. The molecule has 2 aromatic rings. The molecule has 0 N–H and O–H groups in total. The highest BCUT2D eigenvalue weighted by Gasteiger charge is 2.29. The smallest absolute Gasteiger partial charge is 0.405 e. The van der Waals surface area contributed by atoms with Crippen LogP contribution in [0.4, 0.5) is 18.9 Å². The van der Waals surface area contributed by atoms with Crippen LogP contribution in [-0.4, -0.2) is 24.8 Å². The minimum absolute atomic E-state index is 0.461. The molecule has 0 saturated carbocycles. The fourth-order valence-electron chi connectivity index (χ4n) is 1.63. The average molecular weight is 244 g/mol. The summed E-state index contributed by atoms with van der Waals surface area (Å²) in [6, 6.07) is 4.79. The largest absolute Gasteiger partial charge is 0.441 e.